The molecule has 16 heavy (non-hydrogen) atoms. The molecule has 2 rings (SSSR count). The van der Waals surface area contributed by atoms with Crippen LogP contribution in [0.15, 0.2) is 36.4 Å². The maximum Gasteiger partial charge on any atom is 0.246 e. The number of carbonyl (C=O) groups excluding carboxylic acids is 1. The molecule has 0 aliphatic carbocycles. The van der Waals surface area contributed by atoms with Crippen molar-refractivity contribution in [1.29, 1.82) is 0 Å². The minimum atomic E-state index is 0.156. The van der Waals surface area contributed by atoms with Gasteiger partial charge in [-0.25, -0.2) is 0 Å². The molecule has 84 valence electrons. The zero-order valence-corrected chi connectivity index (χ0v) is 9.65. The largest absolute Gasteiger partial charge is 0.335 e. The summed E-state index contributed by atoms with van der Waals surface area (Å²) >= 11 is 0. The van der Waals surface area contributed by atoms with Crippen molar-refractivity contribution in [2.24, 2.45) is 0 Å². The van der Waals surface area contributed by atoms with E-state index >= 15 is 0 Å². The van der Waals surface area contributed by atoms with Crippen LogP contribution in [0.5, 0.6) is 0 Å². The van der Waals surface area contributed by atoms with E-state index in [0.717, 1.165) is 25.9 Å². The summed E-state index contributed by atoms with van der Waals surface area (Å²) in [6, 6.07) is 8.61. The standard InChI is InChI=1S/C14H17NO/c1-12-6-8-13(9-7-12)4-2-10-15-11-3-5-14(15)16/h3,5-9H,2,4,10-11H2,1H3. The van der Waals surface area contributed by atoms with E-state index in [2.05, 4.69) is 31.2 Å². The Labute approximate surface area is 96.6 Å². The molecule has 0 fully saturated rings. The van der Waals surface area contributed by atoms with Crippen molar-refractivity contribution in [3.63, 3.8) is 0 Å². The number of benzene rings is 1. The molecule has 1 aliphatic rings. The molecule has 0 spiro atoms. The topological polar surface area (TPSA) is 20.3 Å². The molecular formula is C14H17NO. The molecule has 1 aromatic rings. The molecule has 0 atom stereocenters. The van der Waals surface area contributed by atoms with Gasteiger partial charge in [-0.15, -0.1) is 0 Å². The minimum absolute atomic E-state index is 0.156. The average molecular weight is 215 g/mol. The number of hydrogen-bond donors (Lipinski definition) is 0. The molecule has 0 saturated heterocycles. The van der Waals surface area contributed by atoms with E-state index < -0.39 is 0 Å². The molecule has 0 saturated carbocycles. The molecule has 1 amide bonds. The monoisotopic (exact) mass is 215 g/mol. The Morgan fingerprint density at radius 1 is 1.25 bits per heavy atom. The number of aryl methyl sites for hydroxylation is 2. The quantitative estimate of drug-likeness (QED) is 0.755. The summed E-state index contributed by atoms with van der Waals surface area (Å²) in [6.07, 6.45) is 5.67. The van der Waals surface area contributed by atoms with Crippen molar-refractivity contribution in [1.82, 2.24) is 4.90 Å². The van der Waals surface area contributed by atoms with Gasteiger partial charge in [0.25, 0.3) is 0 Å². The summed E-state index contributed by atoms with van der Waals surface area (Å²) in [5, 5.41) is 0. The van der Waals surface area contributed by atoms with Gasteiger partial charge >= 0.3 is 0 Å². The van der Waals surface area contributed by atoms with Gasteiger partial charge < -0.3 is 4.90 Å². The minimum Gasteiger partial charge on any atom is -0.335 e. The average Bonchev–Trinajstić information content (AvgIpc) is 2.68. The number of amides is 1. The number of nitrogens with zero attached hydrogens (tertiary/aromatic N) is 1. The van der Waals surface area contributed by atoms with E-state index in [4.69, 9.17) is 0 Å². The smallest absolute Gasteiger partial charge is 0.246 e. The zero-order chi connectivity index (χ0) is 11.4. The molecule has 0 aromatic heterocycles. The second kappa shape index (κ2) is 4.97. The lowest BCUT2D eigenvalue weighted by atomic mass is 10.1. The van der Waals surface area contributed by atoms with Crippen molar-refractivity contribution < 1.29 is 4.79 Å². The maximum absolute atomic E-state index is 11.3. The van der Waals surface area contributed by atoms with Gasteiger partial charge in [0.1, 0.15) is 0 Å². The van der Waals surface area contributed by atoms with E-state index in [0.29, 0.717) is 0 Å². The second-order valence-electron chi connectivity index (χ2n) is 4.28. The Balaban J connectivity index is 1.76. The highest BCUT2D eigenvalue weighted by molar-refractivity contribution is 5.89. The molecule has 1 heterocycles. The zero-order valence-electron chi connectivity index (χ0n) is 9.65. The Bertz CT molecular complexity index is 392. The predicted octanol–water partition coefficient (Wildman–Crippen LogP) is 2.33. The van der Waals surface area contributed by atoms with Crippen LogP contribution in [-0.2, 0) is 11.2 Å². The fourth-order valence-corrected chi connectivity index (χ4v) is 1.91. The van der Waals surface area contributed by atoms with E-state index in [-0.39, 0.29) is 5.91 Å². The normalized spacial score (nSPS) is 14.8. The third kappa shape index (κ3) is 2.72. The van der Waals surface area contributed by atoms with E-state index in [1.165, 1.54) is 11.1 Å². The van der Waals surface area contributed by atoms with Gasteiger partial charge in [0, 0.05) is 19.2 Å². The first-order chi connectivity index (χ1) is 7.75. The van der Waals surface area contributed by atoms with Gasteiger partial charge in [0.05, 0.1) is 0 Å². The number of carbonyl (C=O) groups is 1. The Hall–Kier alpha value is -1.57. The number of hydrogen-bond acceptors (Lipinski definition) is 1. The first-order valence-corrected chi connectivity index (χ1v) is 5.77. The van der Waals surface area contributed by atoms with Gasteiger partial charge in [0.15, 0.2) is 0 Å². The summed E-state index contributed by atoms with van der Waals surface area (Å²) in [5.74, 6) is 0.156. The van der Waals surface area contributed by atoms with Crippen LogP contribution in [0.2, 0.25) is 0 Å². The van der Waals surface area contributed by atoms with Crippen LogP contribution in [0.1, 0.15) is 17.5 Å². The molecule has 2 nitrogen and oxygen atoms in total. The van der Waals surface area contributed by atoms with E-state index in [1.54, 1.807) is 6.08 Å². The molecule has 0 N–H and O–H groups in total. The lowest BCUT2D eigenvalue weighted by molar-refractivity contribution is -0.124. The maximum atomic E-state index is 11.3. The van der Waals surface area contributed by atoms with Crippen molar-refractivity contribution in [3.05, 3.63) is 47.5 Å². The highest BCUT2D eigenvalue weighted by Gasteiger charge is 2.13. The van der Waals surface area contributed by atoms with Gasteiger partial charge in [-0.2, -0.15) is 0 Å². The van der Waals surface area contributed by atoms with Crippen molar-refractivity contribution in [3.8, 4) is 0 Å². The van der Waals surface area contributed by atoms with Gasteiger partial charge in [0.2, 0.25) is 5.91 Å². The van der Waals surface area contributed by atoms with Gasteiger partial charge in [-0.1, -0.05) is 35.9 Å². The van der Waals surface area contributed by atoms with E-state index in [9.17, 15) is 4.79 Å². The van der Waals surface area contributed by atoms with Crippen LogP contribution in [0.25, 0.3) is 0 Å². The second-order valence-corrected chi connectivity index (χ2v) is 4.28. The summed E-state index contributed by atoms with van der Waals surface area (Å²) < 4.78 is 0. The van der Waals surface area contributed by atoms with Crippen LogP contribution in [-0.4, -0.2) is 23.9 Å². The van der Waals surface area contributed by atoms with Crippen LogP contribution in [0.3, 0.4) is 0 Å². The third-order valence-corrected chi connectivity index (χ3v) is 2.91. The Morgan fingerprint density at radius 3 is 2.62 bits per heavy atom. The fourth-order valence-electron chi connectivity index (χ4n) is 1.91. The van der Waals surface area contributed by atoms with Crippen LogP contribution < -0.4 is 0 Å². The molecule has 1 aromatic carbocycles. The fraction of sp³-hybridized carbons (Fsp3) is 0.357. The molecule has 0 bridgehead atoms. The highest BCUT2D eigenvalue weighted by atomic mass is 16.2. The SMILES string of the molecule is Cc1ccc(CCCN2CC=CC2=O)cc1. The molecule has 0 radical (unpaired) electrons. The van der Waals surface area contributed by atoms with Gasteiger partial charge in [-0.05, 0) is 25.3 Å². The summed E-state index contributed by atoms with van der Waals surface area (Å²) in [7, 11) is 0. The van der Waals surface area contributed by atoms with Crippen molar-refractivity contribution in [2.45, 2.75) is 19.8 Å². The van der Waals surface area contributed by atoms with E-state index in [1.807, 2.05) is 11.0 Å². The van der Waals surface area contributed by atoms with Crippen molar-refractivity contribution in [2.75, 3.05) is 13.1 Å². The Kier molecular flexibility index (Phi) is 3.40. The molecular weight excluding hydrogens is 198 g/mol. The van der Waals surface area contributed by atoms with Crippen LogP contribution in [0.4, 0.5) is 0 Å². The number of rotatable bonds is 4. The molecule has 2 heteroatoms. The van der Waals surface area contributed by atoms with Crippen LogP contribution in [0, 0.1) is 6.92 Å². The molecule has 1 aliphatic heterocycles. The first kappa shape index (κ1) is 10.9. The highest BCUT2D eigenvalue weighted by Crippen LogP contribution is 2.08. The lowest BCUT2D eigenvalue weighted by Gasteiger charge is -2.14. The first-order valence-electron chi connectivity index (χ1n) is 5.77. The van der Waals surface area contributed by atoms with Crippen molar-refractivity contribution >= 4 is 5.91 Å². The van der Waals surface area contributed by atoms with Crippen LogP contribution >= 0.6 is 0 Å². The Morgan fingerprint density at radius 2 is 2.00 bits per heavy atom. The summed E-state index contributed by atoms with van der Waals surface area (Å²) in [6.45, 7) is 3.74. The summed E-state index contributed by atoms with van der Waals surface area (Å²) in [4.78, 5) is 13.2. The summed E-state index contributed by atoms with van der Waals surface area (Å²) in [5.41, 5.74) is 2.65. The predicted molar refractivity (Wildman–Crippen MR) is 65.2 cm³/mol. The third-order valence-electron chi connectivity index (χ3n) is 2.91. The van der Waals surface area contributed by atoms with Gasteiger partial charge in [-0.3, -0.25) is 4.79 Å². The lowest BCUT2D eigenvalue weighted by Crippen LogP contribution is -2.26. The molecule has 0 unspecified atom stereocenters.